The highest BCUT2D eigenvalue weighted by molar-refractivity contribution is 7.90. The number of carbonyl (C=O) groups is 1. The lowest BCUT2D eigenvalue weighted by Crippen LogP contribution is -2.37. The number of amides is 2. The van der Waals surface area contributed by atoms with Gasteiger partial charge in [0.25, 0.3) is 0 Å². The van der Waals surface area contributed by atoms with E-state index < -0.39 is 9.84 Å². The number of urea groups is 1. The summed E-state index contributed by atoms with van der Waals surface area (Å²) in [6, 6.07) is 6.15. The minimum Gasteiger partial charge on any atom is -0.338 e. The average Bonchev–Trinajstić information content (AvgIpc) is 2.37. The van der Waals surface area contributed by atoms with E-state index >= 15 is 0 Å². The summed E-state index contributed by atoms with van der Waals surface area (Å²) in [6.45, 7) is 6.71. The molecule has 0 aliphatic carbocycles. The van der Waals surface area contributed by atoms with E-state index in [1.807, 2.05) is 6.92 Å². The molecule has 5 nitrogen and oxygen atoms in total. The second kappa shape index (κ2) is 7.45. The molecular formula is C15H24N2O3S. The van der Waals surface area contributed by atoms with Crippen molar-refractivity contribution in [1.82, 2.24) is 10.6 Å². The summed E-state index contributed by atoms with van der Waals surface area (Å²) in [4.78, 5) is 12.0. The second-order valence-electron chi connectivity index (χ2n) is 5.65. The summed E-state index contributed by atoms with van der Waals surface area (Å²) in [5.41, 5.74) is 0.862. The Balaban J connectivity index is 2.55. The normalized spacial score (nSPS) is 13.0. The van der Waals surface area contributed by atoms with Gasteiger partial charge in [0.05, 0.1) is 10.9 Å². The van der Waals surface area contributed by atoms with Gasteiger partial charge in [0.1, 0.15) is 0 Å². The Labute approximate surface area is 127 Å². The lowest BCUT2D eigenvalue weighted by Gasteiger charge is -2.16. The first-order valence-corrected chi connectivity index (χ1v) is 8.93. The lowest BCUT2D eigenvalue weighted by molar-refractivity contribution is 0.237. The number of hydrogen-bond acceptors (Lipinski definition) is 3. The fourth-order valence-corrected chi connectivity index (χ4v) is 2.44. The molecule has 1 atom stereocenters. The molecule has 0 aromatic heterocycles. The zero-order valence-corrected chi connectivity index (χ0v) is 13.8. The van der Waals surface area contributed by atoms with Gasteiger partial charge in [-0.3, -0.25) is 0 Å². The van der Waals surface area contributed by atoms with Gasteiger partial charge >= 0.3 is 6.03 Å². The van der Waals surface area contributed by atoms with E-state index in [2.05, 4.69) is 24.5 Å². The Bertz CT molecular complexity index is 565. The van der Waals surface area contributed by atoms with Crippen molar-refractivity contribution in [3.05, 3.63) is 29.8 Å². The molecule has 0 bridgehead atoms. The quantitative estimate of drug-likeness (QED) is 0.847. The summed E-state index contributed by atoms with van der Waals surface area (Å²) in [5, 5.41) is 5.63. The van der Waals surface area contributed by atoms with Gasteiger partial charge in [0, 0.05) is 12.8 Å². The zero-order valence-electron chi connectivity index (χ0n) is 13.0. The molecule has 1 unspecified atom stereocenters. The second-order valence-corrected chi connectivity index (χ2v) is 7.66. The van der Waals surface area contributed by atoms with Crippen LogP contribution in [0.5, 0.6) is 0 Å². The molecule has 2 amide bonds. The van der Waals surface area contributed by atoms with Crippen molar-refractivity contribution in [3.8, 4) is 0 Å². The van der Waals surface area contributed by atoms with Crippen LogP contribution >= 0.6 is 0 Å². The Morgan fingerprint density at radius 2 is 1.71 bits per heavy atom. The van der Waals surface area contributed by atoms with Crippen molar-refractivity contribution >= 4 is 15.9 Å². The summed E-state index contributed by atoms with van der Waals surface area (Å²) >= 11 is 0. The molecule has 1 aromatic rings. The molecule has 0 spiro atoms. The van der Waals surface area contributed by atoms with E-state index in [-0.39, 0.29) is 17.0 Å². The molecule has 1 aromatic carbocycles. The largest absolute Gasteiger partial charge is 0.338 e. The van der Waals surface area contributed by atoms with Gasteiger partial charge in [-0.25, -0.2) is 13.2 Å². The predicted molar refractivity (Wildman–Crippen MR) is 84.0 cm³/mol. The maximum Gasteiger partial charge on any atom is 0.315 e. The number of hydrogen-bond donors (Lipinski definition) is 2. The van der Waals surface area contributed by atoms with Crippen LogP contribution < -0.4 is 10.6 Å². The smallest absolute Gasteiger partial charge is 0.315 e. The molecule has 118 valence electrons. The Hall–Kier alpha value is -1.56. The Kier molecular flexibility index (Phi) is 6.20. The molecule has 0 saturated heterocycles. The molecule has 1 rings (SSSR count). The number of carbonyl (C=O) groups excluding carboxylic acids is 1. The van der Waals surface area contributed by atoms with E-state index in [4.69, 9.17) is 0 Å². The van der Waals surface area contributed by atoms with Crippen molar-refractivity contribution in [2.24, 2.45) is 5.92 Å². The van der Waals surface area contributed by atoms with Gasteiger partial charge in [0.15, 0.2) is 9.84 Å². The van der Waals surface area contributed by atoms with Crippen LogP contribution in [0.1, 0.15) is 38.8 Å². The number of rotatable bonds is 6. The first-order valence-electron chi connectivity index (χ1n) is 7.04. The summed E-state index contributed by atoms with van der Waals surface area (Å²) < 4.78 is 22.8. The van der Waals surface area contributed by atoms with Gasteiger partial charge in [0.2, 0.25) is 0 Å². The van der Waals surface area contributed by atoms with Crippen LogP contribution in [0.3, 0.4) is 0 Å². The molecule has 21 heavy (non-hydrogen) atoms. The molecular weight excluding hydrogens is 288 g/mol. The topological polar surface area (TPSA) is 75.3 Å². The zero-order chi connectivity index (χ0) is 16.0. The Morgan fingerprint density at radius 1 is 1.14 bits per heavy atom. The van der Waals surface area contributed by atoms with E-state index in [1.54, 1.807) is 24.3 Å². The minimum absolute atomic E-state index is 0.183. The fraction of sp³-hybridized carbons (Fsp3) is 0.533. The fourth-order valence-electron chi connectivity index (χ4n) is 1.81. The van der Waals surface area contributed by atoms with Crippen LogP contribution in [0.4, 0.5) is 4.79 Å². The molecule has 0 saturated carbocycles. The van der Waals surface area contributed by atoms with Gasteiger partial charge in [-0.1, -0.05) is 26.0 Å². The van der Waals surface area contributed by atoms with E-state index in [1.165, 1.54) is 6.26 Å². The number of sulfone groups is 1. The molecule has 0 aliphatic heterocycles. The lowest BCUT2D eigenvalue weighted by atomic mass is 10.1. The third-order valence-corrected chi connectivity index (χ3v) is 4.29. The van der Waals surface area contributed by atoms with Crippen LogP contribution in [0.25, 0.3) is 0 Å². The molecule has 6 heteroatoms. The van der Waals surface area contributed by atoms with Crippen molar-refractivity contribution in [3.63, 3.8) is 0 Å². The maximum atomic E-state index is 11.7. The number of nitrogens with one attached hydrogen (secondary N) is 2. The minimum atomic E-state index is -3.19. The number of benzene rings is 1. The van der Waals surface area contributed by atoms with Crippen molar-refractivity contribution in [1.29, 1.82) is 0 Å². The van der Waals surface area contributed by atoms with Gasteiger partial charge in [-0.2, -0.15) is 0 Å². The van der Waals surface area contributed by atoms with Gasteiger partial charge < -0.3 is 10.6 Å². The van der Waals surface area contributed by atoms with Crippen molar-refractivity contribution in [2.45, 2.75) is 38.1 Å². The monoisotopic (exact) mass is 312 g/mol. The maximum absolute atomic E-state index is 11.7. The van der Waals surface area contributed by atoms with Crippen LogP contribution in [0.15, 0.2) is 29.2 Å². The van der Waals surface area contributed by atoms with Crippen molar-refractivity contribution in [2.75, 3.05) is 12.8 Å². The van der Waals surface area contributed by atoms with Crippen LogP contribution in [-0.4, -0.2) is 27.2 Å². The predicted octanol–water partition coefficient (Wildman–Crippen LogP) is 2.50. The van der Waals surface area contributed by atoms with Crippen LogP contribution in [0, 0.1) is 5.92 Å². The average molecular weight is 312 g/mol. The highest BCUT2D eigenvalue weighted by Gasteiger charge is 2.11. The Morgan fingerprint density at radius 3 is 2.19 bits per heavy atom. The summed E-state index contributed by atoms with van der Waals surface area (Å²) in [7, 11) is -3.19. The third kappa shape index (κ3) is 6.16. The molecule has 0 fully saturated rings. The van der Waals surface area contributed by atoms with Gasteiger partial charge in [-0.05, 0) is 37.0 Å². The first-order chi connectivity index (χ1) is 9.70. The third-order valence-electron chi connectivity index (χ3n) is 3.16. The van der Waals surface area contributed by atoms with E-state index in [0.29, 0.717) is 12.5 Å². The highest BCUT2D eigenvalue weighted by Crippen LogP contribution is 2.16. The van der Waals surface area contributed by atoms with Gasteiger partial charge in [-0.15, -0.1) is 0 Å². The van der Waals surface area contributed by atoms with Crippen LogP contribution in [-0.2, 0) is 9.84 Å². The molecule has 0 aliphatic rings. The molecule has 0 heterocycles. The van der Waals surface area contributed by atoms with Crippen LogP contribution in [0.2, 0.25) is 0 Å². The summed E-state index contributed by atoms with van der Waals surface area (Å²) in [5.74, 6) is 0.547. The summed E-state index contributed by atoms with van der Waals surface area (Å²) in [6.07, 6.45) is 2.11. The van der Waals surface area contributed by atoms with Crippen molar-refractivity contribution < 1.29 is 13.2 Å². The van der Waals surface area contributed by atoms with E-state index in [0.717, 1.165) is 12.0 Å². The SMILES string of the molecule is CC(C)CCNC(=O)NC(C)c1ccc(S(C)(=O)=O)cc1. The highest BCUT2D eigenvalue weighted by atomic mass is 32.2. The standard InChI is InChI=1S/C15H24N2O3S/c1-11(2)9-10-16-15(18)17-12(3)13-5-7-14(8-6-13)21(4,19)20/h5-8,11-12H,9-10H2,1-4H3,(H2,16,17,18). The molecule has 0 radical (unpaired) electrons. The van der Waals surface area contributed by atoms with E-state index in [9.17, 15) is 13.2 Å². The first kappa shape index (κ1) is 17.5. The molecule has 2 N–H and O–H groups in total.